The first-order chi connectivity index (χ1) is 8.38. The third-order valence-corrected chi connectivity index (χ3v) is 5.38. The number of rotatable bonds is 8. The molecule has 0 saturated heterocycles. The summed E-state index contributed by atoms with van der Waals surface area (Å²) in [5.41, 5.74) is 0.577. The minimum Gasteiger partial charge on any atom is -0.0654 e. The van der Waals surface area contributed by atoms with Crippen molar-refractivity contribution in [2.45, 2.75) is 86.5 Å². The molecule has 1 fully saturated rings. The SMILES string of the molecule is CCCCCC1C(C)CC1C(C)(C)CCC(C)C. The second-order valence-electron chi connectivity index (χ2n) is 7.90. The van der Waals surface area contributed by atoms with E-state index < -0.39 is 0 Å². The summed E-state index contributed by atoms with van der Waals surface area (Å²) in [7, 11) is 0. The van der Waals surface area contributed by atoms with E-state index in [4.69, 9.17) is 0 Å². The molecule has 1 rings (SSSR count). The molecule has 0 heterocycles. The topological polar surface area (TPSA) is 0 Å². The maximum atomic E-state index is 2.53. The summed E-state index contributed by atoms with van der Waals surface area (Å²) in [4.78, 5) is 0. The molecule has 0 aromatic heterocycles. The van der Waals surface area contributed by atoms with Crippen LogP contribution in [0.15, 0.2) is 0 Å². The van der Waals surface area contributed by atoms with Gasteiger partial charge in [0.1, 0.15) is 0 Å². The van der Waals surface area contributed by atoms with Gasteiger partial charge in [-0.3, -0.25) is 0 Å². The Morgan fingerprint density at radius 2 is 1.83 bits per heavy atom. The van der Waals surface area contributed by atoms with E-state index in [0.29, 0.717) is 5.41 Å². The molecule has 0 bridgehead atoms. The van der Waals surface area contributed by atoms with Crippen molar-refractivity contribution in [1.82, 2.24) is 0 Å². The molecule has 0 aromatic rings. The van der Waals surface area contributed by atoms with Crippen LogP contribution in [0.2, 0.25) is 0 Å². The highest BCUT2D eigenvalue weighted by Crippen LogP contribution is 2.53. The van der Waals surface area contributed by atoms with Crippen LogP contribution in [0.3, 0.4) is 0 Å². The maximum absolute atomic E-state index is 2.53. The van der Waals surface area contributed by atoms with Gasteiger partial charge in [-0.25, -0.2) is 0 Å². The molecule has 0 spiro atoms. The fourth-order valence-corrected chi connectivity index (χ4v) is 3.81. The lowest BCUT2D eigenvalue weighted by Crippen LogP contribution is -2.44. The van der Waals surface area contributed by atoms with Crippen molar-refractivity contribution in [3.05, 3.63) is 0 Å². The van der Waals surface area contributed by atoms with Crippen LogP contribution in [0.4, 0.5) is 0 Å². The molecule has 0 amide bonds. The van der Waals surface area contributed by atoms with E-state index in [2.05, 4.69) is 41.5 Å². The van der Waals surface area contributed by atoms with E-state index in [1.54, 1.807) is 0 Å². The van der Waals surface area contributed by atoms with E-state index in [1.165, 1.54) is 44.9 Å². The predicted molar refractivity (Wildman–Crippen MR) is 82.8 cm³/mol. The van der Waals surface area contributed by atoms with Crippen LogP contribution in [0.5, 0.6) is 0 Å². The average Bonchev–Trinajstić information content (AvgIpc) is 2.29. The van der Waals surface area contributed by atoms with E-state index in [-0.39, 0.29) is 0 Å². The van der Waals surface area contributed by atoms with Crippen LogP contribution < -0.4 is 0 Å². The third kappa shape index (κ3) is 4.28. The molecule has 1 aliphatic carbocycles. The third-order valence-electron chi connectivity index (χ3n) is 5.38. The first-order valence-corrected chi connectivity index (χ1v) is 8.38. The molecule has 0 nitrogen and oxygen atoms in total. The maximum Gasteiger partial charge on any atom is -0.0323 e. The fourth-order valence-electron chi connectivity index (χ4n) is 3.81. The van der Waals surface area contributed by atoms with E-state index in [1.807, 2.05) is 0 Å². The van der Waals surface area contributed by atoms with Crippen molar-refractivity contribution in [3.8, 4) is 0 Å². The van der Waals surface area contributed by atoms with Crippen molar-refractivity contribution in [2.75, 3.05) is 0 Å². The number of hydrogen-bond donors (Lipinski definition) is 0. The van der Waals surface area contributed by atoms with Gasteiger partial charge in [-0.05, 0) is 48.3 Å². The van der Waals surface area contributed by atoms with E-state index >= 15 is 0 Å². The zero-order chi connectivity index (χ0) is 13.8. The normalized spacial score (nSPS) is 28.5. The Morgan fingerprint density at radius 1 is 1.17 bits per heavy atom. The van der Waals surface area contributed by atoms with Crippen molar-refractivity contribution in [2.24, 2.45) is 29.1 Å². The second-order valence-corrected chi connectivity index (χ2v) is 7.90. The number of hydrogen-bond acceptors (Lipinski definition) is 0. The summed E-state index contributed by atoms with van der Waals surface area (Å²) in [6.45, 7) is 14.6. The molecule has 0 aliphatic heterocycles. The highest BCUT2D eigenvalue weighted by atomic mass is 14.5. The molecule has 3 atom stereocenters. The zero-order valence-corrected chi connectivity index (χ0v) is 13.8. The van der Waals surface area contributed by atoms with Gasteiger partial charge in [0, 0.05) is 0 Å². The van der Waals surface area contributed by atoms with Crippen LogP contribution in [0.25, 0.3) is 0 Å². The predicted octanol–water partition coefficient (Wildman–Crippen LogP) is 6.30. The summed E-state index contributed by atoms with van der Waals surface area (Å²) >= 11 is 0. The average molecular weight is 252 g/mol. The first-order valence-electron chi connectivity index (χ1n) is 8.38. The second kappa shape index (κ2) is 6.96. The van der Waals surface area contributed by atoms with Gasteiger partial charge in [-0.15, -0.1) is 0 Å². The summed E-state index contributed by atoms with van der Waals surface area (Å²) in [5.74, 6) is 3.88. The van der Waals surface area contributed by atoms with Crippen molar-refractivity contribution in [1.29, 1.82) is 0 Å². The van der Waals surface area contributed by atoms with Crippen LogP contribution in [0.1, 0.15) is 86.5 Å². The molecule has 18 heavy (non-hydrogen) atoms. The molecule has 3 unspecified atom stereocenters. The molecule has 108 valence electrons. The molecule has 1 saturated carbocycles. The molecule has 0 N–H and O–H groups in total. The first kappa shape index (κ1) is 16.1. The Kier molecular flexibility index (Phi) is 6.21. The Hall–Kier alpha value is 0. The molecular formula is C18H36. The summed E-state index contributed by atoms with van der Waals surface area (Å²) in [6, 6.07) is 0. The summed E-state index contributed by atoms with van der Waals surface area (Å²) < 4.78 is 0. The van der Waals surface area contributed by atoms with E-state index in [9.17, 15) is 0 Å². The van der Waals surface area contributed by atoms with Gasteiger partial charge < -0.3 is 0 Å². The molecule has 0 aromatic carbocycles. The van der Waals surface area contributed by atoms with Crippen molar-refractivity contribution < 1.29 is 0 Å². The highest BCUT2D eigenvalue weighted by Gasteiger charge is 2.45. The number of unbranched alkanes of at least 4 members (excludes halogenated alkanes) is 2. The van der Waals surface area contributed by atoms with Gasteiger partial charge in [0.25, 0.3) is 0 Å². The molecule has 0 radical (unpaired) electrons. The molecule has 1 aliphatic rings. The monoisotopic (exact) mass is 252 g/mol. The summed E-state index contributed by atoms with van der Waals surface area (Å²) in [5, 5.41) is 0. The van der Waals surface area contributed by atoms with E-state index in [0.717, 1.165) is 23.7 Å². The molecular weight excluding hydrogens is 216 g/mol. The molecule has 0 heteroatoms. The van der Waals surface area contributed by atoms with Gasteiger partial charge in [0.15, 0.2) is 0 Å². The Labute approximate surface area is 116 Å². The highest BCUT2D eigenvalue weighted by molar-refractivity contribution is 4.94. The largest absolute Gasteiger partial charge is 0.0654 e. The Balaban J connectivity index is 2.43. The minimum absolute atomic E-state index is 0.577. The smallest absolute Gasteiger partial charge is 0.0323 e. The summed E-state index contributed by atoms with van der Waals surface area (Å²) in [6.07, 6.45) is 10.1. The van der Waals surface area contributed by atoms with Crippen LogP contribution in [-0.4, -0.2) is 0 Å². The van der Waals surface area contributed by atoms with Crippen LogP contribution >= 0.6 is 0 Å². The van der Waals surface area contributed by atoms with Gasteiger partial charge in [0.2, 0.25) is 0 Å². The fraction of sp³-hybridized carbons (Fsp3) is 1.00. The van der Waals surface area contributed by atoms with Crippen LogP contribution in [-0.2, 0) is 0 Å². The standard InChI is InChI=1S/C18H36/c1-7-8-9-10-16-15(4)13-17(16)18(5,6)12-11-14(2)3/h14-17H,7-13H2,1-6H3. The lowest BCUT2D eigenvalue weighted by atomic mass is 9.53. The van der Waals surface area contributed by atoms with Crippen molar-refractivity contribution in [3.63, 3.8) is 0 Å². The lowest BCUT2D eigenvalue weighted by molar-refractivity contribution is -0.0249. The Morgan fingerprint density at radius 3 is 2.33 bits per heavy atom. The van der Waals surface area contributed by atoms with Gasteiger partial charge in [-0.1, -0.05) is 67.2 Å². The minimum atomic E-state index is 0.577. The van der Waals surface area contributed by atoms with Gasteiger partial charge >= 0.3 is 0 Å². The zero-order valence-electron chi connectivity index (χ0n) is 13.8. The lowest BCUT2D eigenvalue weighted by Gasteiger charge is -2.52. The Bertz CT molecular complexity index is 226. The van der Waals surface area contributed by atoms with Crippen LogP contribution in [0, 0.1) is 29.1 Å². The quantitative estimate of drug-likeness (QED) is 0.445. The van der Waals surface area contributed by atoms with Gasteiger partial charge in [0.05, 0.1) is 0 Å². The van der Waals surface area contributed by atoms with Gasteiger partial charge in [-0.2, -0.15) is 0 Å². The van der Waals surface area contributed by atoms with Crippen molar-refractivity contribution >= 4 is 0 Å².